The number of esters is 2. The van der Waals surface area contributed by atoms with Gasteiger partial charge in [-0.05, 0) is 32.1 Å². The molecule has 0 N–H and O–H groups in total. The van der Waals surface area contributed by atoms with Gasteiger partial charge in [-0.15, -0.1) is 0 Å². The van der Waals surface area contributed by atoms with Gasteiger partial charge in [0.2, 0.25) is 0 Å². The van der Waals surface area contributed by atoms with Crippen LogP contribution in [0.1, 0.15) is 20.3 Å². The molecule has 0 aromatic carbocycles. The fourth-order valence-corrected chi connectivity index (χ4v) is 3.41. The van der Waals surface area contributed by atoms with E-state index in [1.165, 1.54) is 6.92 Å². The highest BCUT2D eigenvalue weighted by molar-refractivity contribution is 7.99. The number of hydrogen-bond acceptors (Lipinski definition) is 7. The maximum atomic E-state index is 12.1. The smallest absolute Gasteiger partial charge is 0.345 e. The quantitative estimate of drug-likeness (QED) is 0.427. The van der Waals surface area contributed by atoms with Crippen molar-refractivity contribution in [2.45, 2.75) is 20.3 Å². The third kappa shape index (κ3) is 3.43. The molecule has 0 aromatic heterocycles. The fraction of sp³-hybridized carbons (Fsp3) is 0.211. The highest BCUT2D eigenvalue weighted by atomic mass is 32.2. The van der Waals surface area contributed by atoms with E-state index in [4.69, 9.17) is 13.7 Å². The summed E-state index contributed by atoms with van der Waals surface area (Å²) < 4.78 is 15.7. The monoisotopic (exact) mass is 372 g/mol. The molecular formula is C19H16O6S. The summed E-state index contributed by atoms with van der Waals surface area (Å²) in [6.07, 6.45) is 5.29. The average molecular weight is 372 g/mol. The summed E-state index contributed by atoms with van der Waals surface area (Å²) in [6.45, 7) is 10.7. The summed E-state index contributed by atoms with van der Waals surface area (Å²) in [7, 11) is 0. The number of carbonyl (C=O) groups excluding carboxylic acids is 3. The highest BCUT2D eigenvalue weighted by Gasteiger charge is 2.35. The van der Waals surface area contributed by atoms with E-state index in [1.54, 1.807) is 18.2 Å². The van der Waals surface area contributed by atoms with E-state index in [1.807, 2.05) is 6.92 Å². The van der Waals surface area contributed by atoms with Gasteiger partial charge in [0, 0.05) is 17.6 Å². The predicted molar refractivity (Wildman–Crippen MR) is 94.9 cm³/mol. The summed E-state index contributed by atoms with van der Waals surface area (Å²) in [5, 5.41) is 0. The Labute approximate surface area is 154 Å². The standard InChI is InChI=1S/C19H16O6S/c1-9(2)17(20)25-26-15-8-12-7-13(23-19(12)22)5-10(3)6-14-16(15)11(4)18(21)24-14/h5,7-8,12H,1,4,6H2,2-3H3. The Morgan fingerprint density at radius 2 is 2.04 bits per heavy atom. The average Bonchev–Trinajstić information content (AvgIpc) is 3.02. The number of ether oxygens (including phenoxy) is 2. The van der Waals surface area contributed by atoms with Crippen molar-refractivity contribution in [2.24, 2.45) is 5.92 Å². The summed E-state index contributed by atoms with van der Waals surface area (Å²) in [6, 6.07) is 0. The van der Waals surface area contributed by atoms with E-state index < -0.39 is 23.8 Å². The van der Waals surface area contributed by atoms with Crippen LogP contribution in [0.5, 0.6) is 0 Å². The van der Waals surface area contributed by atoms with Gasteiger partial charge in [0.15, 0.2) is 0 Å². The Balaban J connectivity index is 2.05. The van der Waals surface area contributed by atoms with Crippen molar-refractivity contribution in [3.8, 4) is 0 Å². The SMILES string of the molecule is C=C(C)C(=O)OSC1=CC2C=C(C=C(C)CC3=C1C(=C)C(=O)O3)OC2=O. The molecular weight excluding hydrogens is 356 g/mol. The molecule has 0 saturated heterocycles. The van der Waals surface area contributed by atoms with Gasteiger partial charge in [-0.1, -0.05) is 18.7 Å². The molecule has 0 aromatic rings. The van der Waals surface area contributed by atoms with Crippen LogP contribution in [0, 0.1) is 5.92 Å². The molecule has 134 valence electrons. The van der Waals surface area contributed by atoms with E-state index in [2.05, 4.69) is 13.2 Å². The first-order valence-electron chi connectivity index (χ1n) is 7.78. The van der Waals surface area contributed by atoms with Gasteiger partial charge < -0.3 is 13.7 Å². The summed E-state index contributed by atoms with van der Waals surface area (Å²) >= 11 is 0.739. The molecule has 1 atom stereocenters. The molecule has 7 heteroatoms. The zero-order valence-corrected chi connectivity index (χ0v) is 15.1. The molecule has 2 aliphatic heterocycles. The molecule has 0 amide bonds. The third-order valence-corrected chi connectivity index (χ3v) is 4.59. The first-order valence-corrected chi connectivity index (χ1v) is 8.52. The van der Waals surface area contributed by atoms with Gasteiger partial charge >= 0.3 is 17.9 Å². The Morgan fingerprint density at radius 3 is 2.73 bits per heavy atom. The molecule has 3 aliphatic rings. The zero-order chi connectivity index (χ0) is 19.0. The molecule has 2 bridgehead atoms. The van der Waals surface area contributed by atoms with Gasteiger partial charge in [-0.3, -0.25) is 4.79 Å². The number of fused-ring (bicyclic) bond motifs is 1. The van der Waals surface area contributed by atoms with E-state index in [0.29, 0.717) is 28.4 Å². The predicted octanol–water partition coefficient (Wildman–Crippen LogP) is 3.41. The summed E-state index contributed by atoms with van der Waals surface area (Å²) in [5.41, 5.74) is 1.64. The van der Waals surface area contributed by atoms with Crippen LogP contribution < -0.4 is 0 Å². The minimum atomic E-state index is -0.671. The van der Waals surface area contributed by atoms with Crippen molar-refractivity contribution in [3.05, 3.63) is 70.1 Å². The number of rotatable bonds is 3. The zero-order valence-electron chi connectivity index (χ0n) is 14.3. The minimum Gasteiger partial charge on any atom is -0.426 e. The molecule has 0 spiro atoms. The van der Waals surface area contributed by atoms with Crippen LogP contribution in [0.2, 0.25) is 0 Å². The Bertz CT molecular complexity index is 884. The van der Waals surface area contributed by atoms with Crippen molar-refractivity contribution in [2.75, 3.05) is 0 Å². The second-order valence-corrected chi connectivity index (χ2v) is 6.89. The molecule has 3 rings (SSSR count). The lowest BCUT2D eigenvalue weighted by Gasteiger charge is -2.11. The van der Waals surface area contributed by atoms with Gasteiger partial charge in [-0.2, -0.15) is 0 Å². The van der Waals surface area contributed by atoms with Crippen LogP contribution in [-0.2, 0) is 28.0 Å². The normalized spacial score (nSPS) is 22.0. The maximum Gasteiger partial charge on any atom is 0.345 e. The first kappa shape index (κ1) is 18.0. The van der Waals surface area contributed by atoms with Crippen LogP contribution in [0.3, 0.4) is 0 Å². The van der Waals surface area contributed by atoms with Gasteiger partial charge in [0.25, 0.3) is 0 Å². The van der Waals surface area contributed by atoms with Crippen LogP contribution in [0.15, 0.2) is 70.1 Å². The highest BCUT2D eigenvalue weighted by Crippen LogP contribution is 2.41. The second kappa shape index (κ2) is 6.84. The van der Waals surface area contributed by atoms with Gasteiger partial charge in [-0.25, -0.2) is 9.59 Å². The number of hydrogen-bond donors (Lipinski definition) is 0. The van der Waals surface area contributed by atoms with Crippen molar-refractivity contribution < 1.29 is 28.0 Å². The van der Waals surface area contributed by atoms with Crippen molar-refractivity contribution in [1.29, 1.82) is 0 Å². The largest absolute Gasteiger partial charge is 0.426 e. The van der Waals surface area contributed by atoms with E-state index in [9.17, 15) is 14.4 Å². The number of allylic oxidation sites excluding steroid dienone is 3. The van der Waals surface area contributed by atoms with Crippen molar-refractivity contribution >= 4 is 30.0 Å². The Kier molecular flexibility index (Phi) is 4.73. The summed E-state index contributed by atoms with van der Waals surface area (Å²) in [4.78, 5) is 36.3. The minimum absolute atomic E-state index is 0.147. The molecule has 0 radical (unpaired) electrons. The first-order chi connectivity index (χ1) is 12.3. The number of carbonyl (C=O) groups is 3. The lowest BCUT2D eigenvalue weighted by atomic mass is 10.00. The van der Waals surface area contributed by atoms with E-state index in [-0.39, 0.29) is 11.1 Å². The molecule has 6 nitrogen and oxygen atoms in total. The maximum absolute atomic E-state index is 12.1. The lowest BCUT2D eigenvalue weighted by Crippen LogP contribution is -2.07. The molecule has 1 unspecified atom stereocenters. The van der Waals surface area contributed by atoms with Crippen molar-refractivity contribution in [1.82, 2.24) is 0 Å². The second-order valence-electron chi connectivity index (χ2n) is 6.12. The van der Waals surface area contributed by atoms with Crippen LogP contribution in [0.25, 0.3) is 0 Å². The molecule has 1 aliphatic carbocycles. The topological polar surface area (TPSA) is 78.9 Å². The molecule has 0 fully saturated rings. The molecule has 26 heavy (non-hydrogen) atoms. The van der Waals surface area contributed by atoms with Crippen LogP contribution >= 0.6 is 12.0 Å². The van der Waals surface area contributed by atoms with Gasteiger partial charge in [0.1, 0.15) is 11.5 Å². The fourth-order valence-electron chi connectivity index (χ4n) is 2.58. The third-order valence-electron chi connectivity index (χ3n) is 3.84. The van der Waals surface area contributed by atoms with E-state index >= 15 is 0 Å². The molecule has 0 saturated carbocycles. The summed E-state index contributed by atoms with van der Waals surface area (Å²) in [5.74, 6) is -1.46. The van der Waals surface area contributed by atoms with Gasteiger partial charge in [0.05, 0.1) is 28.4 Å². The van der Waals surface area contributed by atoms with Crippen LogP contribution in [-0.4, -0.2) is 17.9 Å². The Hall–Kier alpha value is -2.80. The molecule has 2 heterocycles. The van der Waals surface area contributed by atoms with E-state index in [0.717, 1.165) is 17.6 Å². The van der Waals surface area contributed by atoms with Crippen molar-refractivity contribution in [3.63, 3.8) is 0 Å². The Morgan fingerprint density at radius 1 is 1.31 bits per heavy atom. The lowest BCUT2D eigenvalue weighted by molar-refractivity contribution is -0.138. The van der Waals surface area contributed by atoms with Crippen LogP contribution in [0.4, 0.5) is 0 Å².